The van der Waals surface area contributed by atoms with Crippen LogP contribution in [0.5, 0.6) is 0 Å². The number of rotatable bonds is 4. The van der Waals surface area contributed by atoms with Crippen molar-refractivity contribution < 1.29 is 49.1 Å². The van der Waals surface area contributed by atoms with Crippen molar-refractivity contribution in [1.82, 2.24) is 0 Å². The number of hydrogen-bond acceptors (Lipinski definition) is 3. The zero-order valence-corrected chi connectivity index (χ0v) is 20.8. The standard InChI is InChI=1S/C27H18F9N3O2/c1-15(40)39(20-13-7-11-18(26(31,32)33)21(20)27(34,35)36)23-24(41)38(14-25(28,29)30)19-12-6-5-10-17(19)22(37-23)16-8-3-2-4-9-16/h2-13,23H,14H2,1H3/t23-/m1/s1. The van der Waals surface area contributed by atoms with Gasteiger partial charge in [-0.1, -0.05) is 54.6 Å². The van der Waals surface area contributed by atoms with Crippen molar-refractivity contribution in [3.8, 4) is 0 Å². The van der Waals surface area contributed by atoms with Gasteiger partial charge in [0.1, 0.15) is 6.54 Å². The average molecular weight is 587 g/mol. The predicted molar refractivity (Wildman–Crippen MR) is 130 cm³/mol. The summed E-state index contributed by atoms with van der Waals surface area (Å²) >= 11 is 0. The SMILES string of the molecule is CC(=O)N(c1cccc(C(F)(F)F)c1C(F)(F)F)[C@H]1N=C(c2ccccc2)c2ccccc2N(CC(F)(F)F)C1=O. The van der Waals surface area contributed by atoms with Gasteiger partial charge in [-0.25, -0.2) is 4.99 Å². The Balaban J connectivity index is 2.07. The van der Waals surface area contributed by atoms with Crippen molar-refractivity contribution in [2.75, 3.05) is 16.3 Å². The van der Waals surface area contributed by atoms with Gasteiger partial charge in [-0.3, -0.25) is 19.4 Å². The van der Waals surface area contributed by atoms with Crippen LogP contribution in [0.3, 0.4) is 0 Å². The second-order valence-electron chi connectivity index (χ2n) is 8.86. The van der Waals surface area contributed by atoms with Gasteiger partial charge in [-0.2, -0.15) is 39.5 Å². The molecule has 1 aliphatic heterocycles. The molecule has 0 saturated heterocycles. The minimum Gasteiger partial charge on any atom is -0.299 e. The maximum Gasteiger partial charge on any atom is 0.419 e. The molecule has 2 amide bonds. The molecule has 5 nitrogen and oxygen atoms in total. The second-order valence-corrected chi connectivity index (χ2v) is 8.86. The van der Waals surface area contributed by atoms with E-state index < -0.39 is 59.9 Å². The summed E-state index contributed by atoms with van der Waals surface area (Å²) in [5.74, 6) is -2.95. The lowest BCUT2D eigenvalue weighted by Gasteiger charge is -2.33. The normalized spacial score (nSPS) is 16.1. The van der Waals surface area contributed by atoms with E-state index in [1.54, 1.807) is 6.07 Å². The van der Waals surface area contributed by atoms with Gasteiger partial charge < -0.3 is 0 Å². The van der Waals surface area contributed by atoms with E-state index in [0.29, 0.717) is 19.1 Å². The predicted octanol–water partition coefficient (Wildman–Crippen LogP) is 6.85. The molecule has 41 heavy (non-hydrogen) atoms. The van der Waals surface area contributed by atoms with Crippen molar-refractivity contribution in [2.45, 2.75) is 31.6 Å². The number of benzene rings is 3. The third kappa shape index (κ3) is 6.05. The summed E-state index contributed by atoms with van der Waals surface area (Å²) in [6, 6.07) is 14.0. The lowest BCUT2D eigenvalue weighted by atomic mass is 10.0. The number of carbonyl (C=O) groups is 2. The van der Waals surface area contributed by atoms with Crippen molar-refractivity contribution in [1.29, 1.82) is 0 Å². The molecule has 4 rings (SSSR count). The summed E-state index contributed by atoms with van der Waals surface area (Å²) < 4.78 is 125. The zero-order chi connectivity index (χ0) is 30.3. The first-order valence-corrected chi connectivity index (χ1v) is 11.7. The van der Waals surface area contributed by atoms with Crippen LogP contribution in [0, 0.1) is 0 Å². The molecule has 216 valence electrons. The van der Waals surface area contributed by atoms with Crippen LogP contribution in [0.2, 0.25) is 0 Å². The van der Waals surface area contributed by atoms with Gasteiger partial charge in [0.25, 0.3) is 5.91 Å². The van der Waals surface area contributed by atoms with Crippen LogP contribution < -0.4 is 9.80 Å². The number of benzodiazepines with no additional fused rings is 1. The van der Waals surface area contributed by atoms with Crippen molar-refractivity contribution in [3.05, 3.63) is 95.1 Å². The Labute approximate surface area is 226 Å². The average Bonchev–Trinajstić information content (AvgIpc) is 2.98. The summed E-state index contributed by atoms with van der Waals surface area (Å²) in [6.45, 7) is -1.26. The molecule has 3 aromatic carbocycles. The fourth-order valence-corrected chi connectivity index (χ4v) is 4.50. The summed E-state index contributed by atoms with van der Waals surface area (Å²) in [4.78, 5) is 31.0. The van der Waals surface area contributed by atoms with Crippen LogP contribution in [0.1, 0.15) is 29.2 Å². The van der Waals surface area contributed by atoms with Gasteiger partial charge in [0.15, 0.2) is 0 Å². The number of carbonyl (C=O) groups excluding carboxylic acids is 2. The molecule has 1 heterocycles. The van der Waals surface area contributed by atoms with E-state index in [9.17, 15) is 49.1 Å². The van der Waals surface area contributed by atoms with Crippen molar-refractivity contribution >= 4 is 28.9 Å². The van der Waals surface area contributed by atoms with Gasteiger partial charge in [-0.05, 0) is 18.2 Å². The minimum atomic E-state index is -5.69. The number of amides is 2. The lowest BCUT2D eigenvalue weighted by molar-refractivity contribution is -0.161. The highest BCUT2D eigenvalue weighted by Gasteiger charge is 2.49. The van der Waals surface area contributed by atoms with E-state index in [2.05, 4.69) is 4.99 Å². The first-order valence-electron chi connectivity index (χ1n) is 11.7. The number of aliphatic imine (C=N–C) groups is 1. The summed E-state index contributed by atoms with van der Waals surface area (Å²) in [5.41, 5.74) is -6.14. The fourth-order valence-electron chi connectivity index (χ4n) is 4.50. The molecule has 0 aliphatic carbocycles. The monoisotopic (exact) mass is 587 g/mol. The number of para-hydroxylation sites is 1. The number of nitrogens with zero attached hydrogens (tertiary/aromatic N) is 3. The number of hydrogen-bond donors (Lipinski definition) is 0. The molecular formula is C27H18F9N3O2. The van der Waals surface area contributed by atoms with Gasteiger partial charge >= 0.3 is 18.5 Å². The highest BCUT2D eigenvalue weighted by atomic mass is 19.4. The number of halogens is 9. The summed E-state index contributed by atoms with van der Waals surface area (Å²) in [5, 5.41) is 0. The first kappa shape index (κ1) is 29.6. The number of fused-ring (bicyclic) bond motifs is 1. The molecule has 14 heteroatoms. The van der Waals surface area contributed by atoms with E-state index in [1.165, 1.54) is 42.5 Å². The Hall–Kier alpha value is -4.36. The van der Waals surface area contributed by atoms with E-state index in [1.807, 2.05) is 0 Å². The lowest BCUT2D eigenvalue weighted by Crippen LogP contribution is -2.52. The van der Waals surface area contributed by atoms with Crippen LogP contribution in [0.15, 0.2) is 77.8 Å². The molecule has 0 unspecified atom stereocenters. The van der Waals surface area contributed by atoms with E-state index in [-0.39, 0.29) is 38.4 Å². The van der Waals surface area contributed by atoms with Gasteiger partial charge in [0, 0.05) is 18.1 Å². The van der Waals surface area contributed by atoms with Gasteiger partial charge in [0.2, 0.25) is 12.1 Å². The van der Waals surface area contributed by atoms with Crippen molar-refractivity contribution in [2.24, 2.45) is 4.99 Å². The fraction of sp³-hybridized carbons (Fsp3) is 0.222. The Morgan fingerprint density at radius 1 is 0.829 bits per heavy atom. The van der Waals surface area contributed by atoms with Crippen LogP contribution >= 0.6 is 0 Å². The van der Waals surface area contributed by atoms with Crippen LogP contribution in [0.4, 0.5) is 50.9 Å². The molecule has 0 saturated carbocycles. The number of alkyl halides is 9. The Morgan fingerprint density at radius 3 is 2.00 bits per heavy atom. The molecular weight excluding hydrogens is 569 g/mol. The largest absolute Gasteiger partial charge is 0.419 e. The molecule has 0 spiro atoms. The molecule has 0 aromatic heterocycles. The van der Waals surface area contributed by atoms with E-state index in [4.69, 9.17) is 0 Å². The quantitative estimate of drug-likeness (QED) is 0.314. The molecule has 0 N–H and O–H groups in total. The van der Waals surface area contributed by atoms with Gasteiger partial charge in [0.05, 0.1) is 28.2 Å². The Bertz CT molecular complexity index is 1500. The Morgan fingerprint density at radius 2 is 1.44 bits per heavy atom. The third-order valence-corrected chi connectivity index (χ3v) is 6.05. The van der Waals surface area contributed by atoms with Crippen LogP contribution in [0.25, 0.3) is 0 Å². The highest BCUT2D eigenvalue weighted by Crippen LogP contribution is 2.46. The highest BCUT2D eigenvalue weighted by molar-refractivity contribution is 6.21. The molecule has 0 fully saturated rings. The number of anilines is 2. The van der Waals surface area contributed by atoms with Crippen molar-refractivity contribution in [3.63, 3.8) is 0 Å². The molecule has 1 aliphatic rings. The van der Waals surface area contributed by atoms with Crippen LogP contribution in [-0.2, 0) is 21.9 Å². The minimum absolute atomic E-state index is 0.0256. The molecule has 1 atom stereocenters. The maximum absolute atomic E-state index is 14.1. The summed E-state index contributed by atoms with van der Waals surface area (Å²) in [7, 11) is 0. The molecule has 0 radical (unpaired) electrons. The molecule has 3 aromatic rings. The zero-order valence-electron chi connectivity index (χ0n) is 20.8. The second kappa shape index (κ2) is 10.6. The topological polar surface area (TPSA) is 53.0 Å². The summed E-state index contributed by atoms with van der Waals surface area (Å²) in [6.07, 6.45) is -18.7. The smallest absolute Gasteiger partial charge is 0.299 e. The van der Waals surface area contributed by atoms with Gasteiger partial charge in [-0.15, -0.1) is 0 Å². The first-order chi connectivity index (χ1) is 19.0. The maximum atomic E-state index is 14.1. The molecule has 0 bridgehead atoms. The van der Waals surface area contributed by atoms with E-state index in [0.717, 1.165) is 6.07 Å². The van der Waals surface area contributed by atoms with E-state index >= 15 is 0 Å². The Kier molecular flexibility index (Phi) is 7.63. The van der Waals surface area contributed by atoms with Crippen LogP contribution in [-0.4, -0.2) is 36.4 Å². The third-order valence-electron chi connectivity index (χ3n) is 6.05.